The molecule has 1 aromatic heterocycles. The second-order valence-electron chi connectivity index (χ2n) is 3.91. The van der Waals surface area contributed by atoms with Gasteiger partial charge in [0, 0.05) is 11.4 Å². The van der Waals surface area contributed by atoms with Crippen molar-refractivity contribution in [2.75, 3.05) is 11.1 Å². The van der Waals surface area contributed by atoms with E-state index < -0.39 is 0 Å². The van der Waals surface area contributed by atoms with Crippen LogP contribution in [0.5, 0.6) is 0 Å². The Hall–Kier alpha value is -2.23. The summed E-state index contributed by atoms with van der Waals surface area (Å²) in [6.45, 7) is 3.57. The maximum Gasteiger partial charge on any atom is 0.259 e. The fourth-order valence-electron chi connectivity index (χ4n) is 1.67. The number of carbonyl (C=O) groups is 1. The summed E-state index contributed by atoms with van der Waals surface area (Å²) in [5, 5.41) is 2.77. The van der Waals surface area contributed by atoms with Crippen LogP contribution in [-0.4, -0.2) is 5.91 Å². The molecular formula is C13H14N2O2. The van der Waals surface area contributed by atoms with Crippen LogP contribution in [0.3, 0.4) is 0 Å². The van der Waals surface area contributed by atoms with Crippen LogP contribution in [0.2, 0.25) is 0 Å². The standard InChI is InChI=1S/C13H14N2O2/c1-8-6-12(9(2)17-8)13(16)15-11-5-3-4-10(14)7-11/h3-7H,14H2,1-2H3,(H,15,16). The molecule has 2 rings (SSSR count). The molecule has 0 aliphatic rings. The summed E-state index contributed by atoms with van der Waals surface area (Å²) in [7, 11) is 0. The summed E-state index contributed by atoms with van der Waals surface area (Å²) >= 11 is 0. The van der Waals surface area contributed by atoms with Gasteiger partial charge in [0.15, 0.2) is 0 Å². The SMILES string of the molecule is Cc1cc(C(=O)Nc2cccc(N)c2)c(C)o1. The van der Waals surface area contributed by atoms with E-state index >= 15 is 0 Å². The molecule has 3 N–H and O–H groups in total. The molecule has 1 heterocycles. The molecule has 0 saturated heterocycles. The van der Waals surface area contributed by atoms with E-state index in [0.717, 1.165) is 5.76 Å². The summed E-state index contributed by atoms with van der Waals surface area (Å²) < 4.78 is 5.31. The van der Waals surface area contributed by atoms with Crippen LogP contribution in [0, 0.1) is 13.8 Å². The number of nitrogens with one attached hydrogen (secondary N) is 1. The van der Waals surface area contributed by atoms with Crippen LogP contribution in [0.4, 0.5) is 11.4 Å². The van der Waals surface area contributed by atoms with Crippen molar-refractivity contribution in [3.63, 3.8) is 0 Å². The van der Waals surface area contributed by atoms with E-state index in [1.807, 2.05) is 6.92 Å². The Morgan fingerprint density at radius 2 is 2.06 bits per heavy atom. The Morgan fingerprint density at radius 3 is 2.65 bits per heavy atom. The van der Waals surface area contributed by atoms with Crippen LogP contribution in [0.15, 0.2) is 34.7 Å². The van der Waals surface area contributed by atoms with Crippen LogP contribution < -0.4 is 11.1 Å². The van der Waals surface area contributed by atoms with Gasteiger partial charge in [-0.15, -0.1) is 0 Å². The summed E-state index contributed by atoms with van der Waals surface area (Å²) in [5.74, 6) is 1.15. The zero-order chi connectivity index (χ0) is 12.4. The number of carbonyl (C=O) groups excluding carboxylic acids is 1. The van der Waals surface area contributed by atoms with Crippen LogP contribution in [0.25, 0.3) is 0 Å². The molecule has 0 unspecified atom stereocenters. The largest absolute Gasteiger partial charge is 0.466 e. The first-order valence-corrected chi connectivity index (χ1v) is 5.30. The van der Waals surface area contributed by atoms with Crippen molar-refractivity contribution in [2.24, 2.45) is 0 Å². The van der Waals surface area contributed by atoms with Crippen molar-refractivity contribution in [1.29, 1.82) is 0 Å². The molecular weight excluding hydrogens is 216 g/mol. The van der Waals surface area contributed by atoms with Crippen molar-refractivity contribution < 1.29 is 9.21 Å². The Kier molecular flexibility index (Phi) is 2.87. The van der Waals surface area contributed by atoms with Gasteiger partial charge in [0.05, 0.1) is 5.56 Å². The van der Waals surface area contributed by atoms with E-state index in [-0.39, 0.29) is 5.91 Å². The Labute approximate surface area is 99.4 Å². The number of rotatable bonds is 2. The first-order chi connectivity index (χ1) is 8.06. The number of hydrogen-bond acceptors (Lipinski definition) is 3. The second-order valence-corrected chi connectivity index (χ2v) is 3.91. The van der Waals surface area contributed by atoms with Gasteiger partial charge >= 0.3 is 0 Å². The molecule has 0 bridgehead atoms. The molecule has 0 aliphatic heterocycles. The third-order valence-corrected chi connectivity index (χ3v) is 2.43. The number of amides is 1. The lowest BCUT2D eigenvalue weighted by Crippen LogP contribution is -2.12. The lowest BCUT2D eigenvalue weighted by atomic mass is 10.2. The highest BCUT2D eigenvalue weighted by Crippen LogP contribution is 2.17. The van der Waals surface area contributed by atoms with Gasteiger partial charge in [0.25, 0.3) is 5.91 Å². The fourth-order valence-corrected chi connectivity index (χ4v) is 1.67. The van der Waals surface area contributed by atoms with E-state index in [1.165, 1.54) is 0 Å². The molecule has 0 atom stereocenters. The number of furan rings is 1. The van der Waals surface area contributed by atoms with Crippen LogP contribution in [0.1, 0.15) is 21.9 Å². The second kappa shape index (κ2) is 4.33. The third-order valence-electron chi connectivity index (χ3n) is 2.43. The first-order valence-electron chi connectivity index (χ1n) is 5.30. The number of nitrogen functional groups attached to an aromatic ring is 1. The quantitative estimate of drug-likeness (QED) is 0.779. The van der Waals surface area contributed by atoms with E-state index in [9.17, 15) is 4.79 Å². The summed E-state index contributed by atoms with van der Waals surface area (Å²) in [5.41, 5.74) is 7.47. The van der Waals surface area contributed by atoms with E-state index in [2.05, 4.69) is 5.32 Å². The number of anilines is 2. The summed E-state index contributed by atoms with van der Waals surface area (Å²) in [6, 6.07) is 8.77. The minimum Gasteiger partial charge on any atom is -0.466 e. The molecule has 0 fully saturated rings. The predicted molar refractivity (Wildman–Crippen MR) is 67.0 cm³/mol. The normalized spacial score (nSPS) is 10.2. The molecule has 4 nitrogen and oxygen atoms in total. The van der Waals surface area contributed by atoms with Gasteiger partial charge in [-0.05, 0) is 38.1 Å². The number of benzene rings is 1. The van der Waals surface area contributed by atoms with Gasteiger partial charge in [-0.25, -0.2) is 0 Å². The lowest BCUT2D eigenvalue weighted by molar-refractivity contribution is 0.102. The van der Waals surface area contributed by atoms with Gasteiger partial charge in [0.2, 0.25) is 0 Å². The minimum absolute atomic E-state index is 0.190. The van der Waals surface area contributed by atoms with Crippen LogP contribution in [-0.2, 0) is 0 Å². The maximum absolute atomic E-state index is 11.9. The van der Waals surface area contributed by atoms with Crippen LogP contribution >= 0.6 is 0 Å². The number of hydrogen-bond donors (Lipinski definition) is 2. The number of nitrogens with two attached hydrogens (primary N) is 1. The van der Waals surface area contributed by atoms with Gasteiger partial charge in [-0.3, -0.25) is 4.79 Å². The zero-order valence-electron chi connectivity index (χ0n) is 9.78. The van der Waals surface area contributed by atoms with Gasteiger partial charge in [-0.1, -0.05) is 6.07 Å². The molecule has 1 amide bonds. The highest BCUT2D eigenvalue weighted by Gasteiger charge is 2.13. The molecule has 88 valence electrons. The van der Waals surface area contributed by atoms with Crippen molar-refractivity contribution in [1.82, 2.24) is 0 Å². The maximum atomic E-state index is 11.9. The van der Waals surface area contributed by atoms with Crippen molar-refractivity contribution in [2.45, 2.75) is 13.8 Å². The van der Waals surface area contributed by atoms with Gasteiger partial charge in [-0.2, -0.15) is 0 Å². The first kappa shape index (κ1) is 11.3. The molecule has 2 aromatic rings. The highest BCUT2D eigenvalue weighted by atomic mass is 16.3. The Bertz CT molecular complexity index is 558. The number of aryl methyl sites for hydroxylation is 2. The van der Waals surface area contributed by atoms with E-state index in [4.69, 9.17) is 10.2 Å². The van der Waals surface area contributed by atoms with Crippen molar-refractivity contribution in [3.05, 3.63) is 47.4 Å². The average Bonchev–Trinajstić information content (AvgIpc) is 2.58. The van der Waals surface area contributed by atoms with Gasteiger partial charge < -0.3 is 15.5 Å². The summed E-state index contributed by atoms with van der Waals surface area (Å²) in [6.07, 6.45) is 0. The minimum atomic E-state index is -0.190. The molecule has 17 heavy (non-hydrogen) atoms. The van der Waals surface area contributed by atoms with Crippen molar-refractivity contribution in [3.8, 4) is 0 Å². The average molecular weight is 230 g/mol. The molecule has 1 aromatic carbocycles. The summed E-state index contributed by atoms with van der Waals surface area (Å²) in [4.78, 5) is 11.9. The molecule has 0 aliphatic carbocycles. The topological polar surface area (TPSA) is 68.3 Å². The van der Waals surface area contributed by atoms with Crippen molar-refractivity contribution >= 4 is 17.3 Å². The fraction of sp³-hybridized carbons (Fsp3) is 0.154. The molecule has 4 heteroatoms. The van der Waals surface area contributed by atoms with Gasteiger partial charge in [0.1, 0.15) is 11.5 Å². The Morgan fingerprint density at radius 1 is 1.29 bits per heavy atom. The monoisotopic (exact) mass is 230 g/mol. The lowest BCUT2D eigenvalue weighted by Gasteiger charge is -2.04. The molecule has 0 saturated carbocycles. The van der Waals surface area contributed by atoms with E-state index in [0.29, 0.717) is 22.7 Å². The third kappa shape index (κ3) is 2.47. The predicted octanol–water partition coefficient (Wildman–Crippen LogP) is 2.73. The zero-order valence-corrected chi connectivity index (χ0v) is 9.78. The molecule has 0 spiro atoms. The van der Waals surface area contributed by atoms with E-state index in [1.54, 1.807) is 37.3 Å². The Balaban J connectivity index is 2.20. The molecule has 0 radical (unpaired) electrons. The highest BCUT2D eigenvalue weighted by molar-refractivity contribution is 6.05. The smallest absolute Gasteiger partial charge is 0.259 e.